The highest BCUT2D eigenvalue weighted by molar-refractivity contribution is 6.01. The summed E-state index contributed by atoms with van der Waals surface area (Å²) in [5.41, 5.74) is 10.3. The minimum Gasteiger partial charge on any atom is -0.383 e. The van der Waals surface area contributed by atoms with Gasteiger partial charge in [0.2, 0.25) is 0 Å². The van der Waals surface area contributed by atoms with Crippen LogP contribution in [0.25, 0.3) is 0 Å². The molecule has 1 aromatic rings. The first kappa shape index (κ1) is 16.7. The topological polar surface area (TPSA) is 89.2 Å². The van der Waals surface area contributed by atoms with E-state index in [9.17, 15) is 10.5 Å². The molecule has 126 valence electrons. The van der Waals surface area contributed by atoms with E-state index in [1.165, 1.54) is 0 Å². The van der Waals surface area contributed by atoms with E-state index < -0.39 is 11.7 Å². The smallest absolute Gasteiger partial charge is 0.130 e. The fourth-order valence-electron chi connectivity index (χ4n) is 3.53. The number of allylic oxidation sites excluding steroid dienone is 4. The number of nitrogens with zero attached hydrogens (tertiary/aromatic N) is 4. The Kier molecular flexibility index (Phi) is 3.85. The maximum absolute atomic E-state index is 15.2. The van der Waals surface area contributed by atoms with E-state index in [1.807, 2.05) is 0 Å². The van der Waals surface area contributed by atoms with Crippen molar-refractivity contribution in [1.29, 1.82) is 10.5 Å². The second kappa shape index (κ2) is 5.75. The molecule has 2 heterocycles. The van der Waals surface area contributed by atoms with Gasteiger partial charge >= 0.3 is 0 Å². The minimum absolute atomic E-state index is 0.302. The number of fused-ring (bicyclic) bond motifs is 1. The normalized spacial score (nSPS) is 17.4. The van der Waals surface area contributed by atoms with Crippen molar-refractivity contribution in [2.45, 2.75) is 33.2 Å². The zero-order chi connectivity index (χ0) is 18.5. The van der Waals surface area contributed by atoms with Crippen LogP contribution in [-0.4, -0.2) is 17.8 Å². The Morgan fingerprint density at radius 1 is 1.20 bits per heavy atom. The number of amidine groups is 1. The lowest BCUT2D eigenvalue weighted by Crippen LogP contribution is -2.26. The molecule has 2 N–H and O–H groups in total. The van der Waals surface area contributed by atoms with E-state index in [-0.39, 0.29) is 0 Å². The van der Waals surface area contributed by atoms with Gasteiger partial charge in [0.1, 0.15) is 11.7 Å². The number of hydrogen-bond acceptors (Lipinski definition) is 5. The van der Waals surface area contributed by atoms with Crippen LogP contribution in [0.4, 0.5) is 4.39 Å². The number of halogens is 1. The Morgan fingerprint density at radius 2 is 1.76 bits per heavy atom. The number of rotatable bonds is 1. The van der Waals surface area contributed by atoms with Crippen LogP contribution in [0.2, 0.25) is 0 Å². The van der Waals surface area contributed by atoms with Crippen molar-refractivity contribution < 1.29 is 4.39 Å². The van der Waals surface area contributed by atoms with E-state index >= 15 is 4.39 Å². The molecule has 3 rings (SSSR count). The first-order chi connectivity index (χ1) is 11.8. The van der Waals surface area contributed by atoms with Crippen LogP contribution in [0.5, 0.6) is 0 Å². The Morgan fingerprint density at radius 3 is 2.28 bits per heavy atom. The van der Waals surface area contributed by atoms with Crippen LogP contribution < -0.4 is 5.73 Å². The van der Waals surface area contributed by atoms with Crippen molar-refractivity contribution in [2.24, 2.45) is 10.7 Å². The van der Waals surface area contributed by atoms with E-state index in [4.69, 9.17) is 5.73 Å². The molecule has 0 saturated heterocycles. The summed E-state index contributed by atoms with van der Waals surface area (Å²) in [6.07, 6.45) is 0. The summed E-state index contributed by atoms with van der Waals surface area (Å²) in [5.74, 6) is -0.770. The highest BCUT2D eigenvalue weighted by atomic mass is 19.1. The largest absolute Gasteiger partial charge is 0.383 e. The van der Waals surface area contributed by atoms with Crippen LogP contribution in [0.3, 0.4) is 0 Å². The molecule has 25 heavy (non-hydrogen) atoms. The van der Waals surface area contributed by atoms with Crippen LogP contribution in [-0.2, 0) is 6.54 Å². The van der Waals surface area contributed by atoms with Gasteiger partial charge in [-0.05, 0) is 38.0 Å². The van der Waals surface area contributed by atoms with Crippen molar-refractivity contribution >= 4 is 5.84 Å². The molecule has 0 fully saturated rings. The molecule has 0 aromatic heterocycles. The molecule has 0 unspecified atom stereocenters. The van der Waals surface area contributed by atoms with Gasteiger partial charge in [-0.2, -0.15) is 10.5 Å². The van der Waals surface area contributed by atoms with E-state index in [0.717, 1.165) is 5.56 Å². The van der Waals surface area contributed by atoms with Gasteiger partial charge in [0.05, 0.1) is 35.7 Å². The predicted octanol–water partition coefficient (Wildman–Crippen LogP) is 2.98. The van der Waals surface area contributed by atoms with Crippen LogP contribution in [0.15, 0.2) is 33.6 Å². The Bertz CT molecular complexity index is 931. The summed E-state index contributed by atoms with van der Waals surface area (Å²) in [5, 5.41) is 19.4. The SMILES string of the molecule is CC1=C(C#N)C(c2cc3c(c(C)c2F)CN=C3N)C(C#N)=C(C)N1C. The summed E-state index contributed by atoms with van der Waals surface area (Å²) in [7, 11) is 1.80. The van der Waals surface area contributed by atoms with Gasteiger partial charge in [-0.3, -0.25) is 4.99 Å². The molecule has 0 atom stereocenters. The van der Waals surface area contributed by atoms with Crippen LogP contribution in [0, 0.1) is 35.4 Å². The van der Waals surface area contributed by atoms with Gasteiger partial charge in [0.15, 0.2) is 0 Å². The predicted molar refractivity (Wildman–Crippen MR) is 92.7 cm³/mol. The average Bonchev–Trinajstić information content (AvgIpc) is 2.97. The molecule has 0 radical (unpaired) electrons. The quantitative estimate of drug-likeness (QED) is 0.854. The van der Waals surface area contributed by atoms with Crippen molar-refractivity contribution in [3.8, 4) is 12.1 Å². The Labute approximate surface area is 146 Å². The first-order valence-corrected chi connectivity index (χ1v) is 7.91. The summed E-state index contributed by atoms with van der Waals surface area (Å²) in [6.45, 7) is 5.65. The molecule has 0 spiro atoms. The zero-order valence-electron chi connectivity index (χ0n) is 14.6. The maximum Gasteiger partial charge on any atom is 0.130 e. The molecular formula is C19H18FN5. The Hall–Kier alpha value is -3.12. The van der Waals surface area contributed by atoms with Gasteiger partial charge in [-0.25, -0.2) is 4.39 Å². The second-order valence-corrected chi connectivity index (χ2v) is 6.35. The third kappa shape index (κ3) is 2.22. The highest BCUT2D eigenvalue weighted by Gasteiger charge is 2.35. The Balaban J connectivity index is 2.33. The molecule has 2 aliphatic heterocycles. The minimum atomic E-state index is -0.733. The summed E-state index contributed by atoms with van der Waals surface area (Å²) >= 11 is 0. The molecule has 2 aliphatic rings. The standard InChI is InChI=1S/C19H18FN5/c1-9-16-8-24-19(23)12(16)5-13(18(9)20)17-14(6-21)10(2)25(4)11(3)15(17)7-22/h5,17H,8H2,1-4H3,(H2,23,24). The average molecular weight is 335 g/mol. The van der Waals surface area contributed by atoms with Gasteiger partial charge in [-0.15, -0.1) is 0 Å². The highest BCUT2D eigenvalue weighted by Crippen LogP contribution is 2.43. The lowest BCUT2D eigenvalue weighted by molar-refractivity contribution is 0.486. The third-order valence-corrected chi connectivity index (χ3v) is 5.26. The van der Waals surface area contributed by atoms with E-state index in [1.54, 1.807) is 38.8 Å². The van der Waals surface area contributed by atoms with Gasteiger partial charge in [-0.1, -0.05) is 0 Å². The monoisotopic (exact) mass is 335 g/mol. The molecule has 0 saturated carbocycles. The lowest BCUT2D eigenvalue weighted by atomic mass is 9.79. The van der Waals surface area contributed by atoms with Crippen molar-refractivity contribution in [1.82, 2.24) is 4.90 Å². The fourth-order valence-corrected chi connectivity index (χ4v) is 3.53. The van der Waals surface area contributed by atoms with Crippen LogP contribution >= 0.6 is 0 Å². The van der Waals surface area contributed by atoms with Crippen molar-refractivity contribution in [3.05, 3.63) is 56.7 Å². The lowest BCUT2D eigenvalue weighted by Gasteiger charge is -2.33. The summed E-state index contributed by atoms with van der Waals surface area (Å²) in [6, 6.07) is 5.98. The first-order valence-electron chi connectivity index (χ1n) is 7.91. The molecule has 1 aromatic carbocycles. The number of nitrogens with two attached hydrogens (primary N) is 1. The molecule has 0 amide bonds. The second-order valence-electron chi connectivity index (χ2n) is 6.35. The van der Waals surface area contributed by atoms with Crippen molar-refractivity contribution in [2.75, 3.05) is 7.05 Å². The number of aliphatic imine (C=N–C) groups is 1. The summed E-state index contributed by atoms with van der Waals surface area (Å²) < 4.78 is 15.2. The molecule has 0 bridgehead atoms. The van der Waals surface area contributed by atoms with Crippen molar-refractivity contribution in [3.63, 3.8) is 0 Å². The number of hydrogen-bond donors (Lipinski definition) is 1. The molecule has 6 heteroatoms. The third-order valence-electron chi connectivity index (χ3n) is 5.26. The van der Waals surface area contributed by atoms with E-state index in [0.29, 0.717) is 51.6 Å². The molecular weight excluding hydrogens is 317 g/mol. The van der Waals surface area contributed by atoms with E-state index in [2.05, 4.69) is 17.1 Å². The van der Waals surface area contributed by atoms with Crippen LogP contribution in [0.1, 0.15) is 42.0 Å². The fraction of sp³-hybridized carbons (Fsp3) is 0.316. The molecule has 5 nitrogen and oxygen atoms in total. The zero-order valence-corrected chi connectivity index (χ0v) is 14.6. The number of nitriles is 2. The summed E-state index contributed by atoms with van der Waals surface area (Å²) in [4.78, 5) is 5.97. The van der Waals surface area contributed by atoms with Gasteiger partial charge in [0.25, 0.3) is 0 Å². The molecule has 0 aliphatic carbocycles. The number of benzene rings is 1. The van der Waals surface area contributed by atoms with Gasteiger partial charge < -0.3 is 10.6 Å². The van der Waals surface area contributed by atoms with Gasteiger partial charge in [0, 0.05) is 29.6 Å². The maximum atomic E-state index is 15.2.